The number of fused-ring (bicyclic) bond motifs is 1. The molecule has 0 spiro atoms. The van der Waals surface area contributed by atoms with Gasteiger partial charge in [-0.25, -0.2) is 0 Å². The molecule has 2 amide bonds. The van der Waals surface area contributed by atoms with Crippen molar-refractivity contribution in [1.29, 1.82) is 0 Å². The van der Waals surface area contributed by atoms with Gasteiger partial charge in [-0.2, -0.15) is 0 Å². The summed E-state index contributed by atoms with van der Waals surface area (Å²) in [6.07, 6.45) is 2.85. The van der Waals surface area contributed by atoms with E-state index in [1.165, 1.54) is 4.88 Å². The molecule has 0 radical (unpaired) electrons. The van der Waals surface area contributed by atoms with Gasteiger partial charge in [-0.05, 0) is 66.0 Å². The van der Waals surface area contributed by atoms with E-state index in [0.717, 1.165) is 34.9 Å². The van der Waals surface area contributed by atoms with Gasteiger partial charge in [-0.15, -0.1) is 11.3 Å². The number of nitrogens with one attached hydrogen (secondary N) is 2. The van der Waals surface area contributed by atoms with Gasteiger partial charge in [0.2, 0.25) is 0 Å². The normalized spacial score (nSPS) is 15.6. The summed E-state index contributed by atoms with van der Waals surface area (Å²) in [6.45, 7) is 7.29. The second kappa shape index (κ2) is 9.82. The summed E-state index contributed by atoms with van der Waals surface area (Å²) >= 11 is 4.96. The monoisotopic (exact) mass is 524 g/mol. The number of hydrogen-bond acceptors (Lipinski definition) is 3. The smallest absolute Gasteiger partial charge is 0.256 e. The van der Waals surface area contributed by atoms with Crippen molar-refractivity contribution in [3.05, 3.63) is 86.2 Å². The van der Waals surface area contributed by atoms with Gasteiger partial charge in [0.1, 0.15) is 5.00 Å². The summed E-state index contributed by atoms with van der Waals surface area (Å²) in [6, 6.07) is 17.1. The third kappa shape index (κ3) is 5.56. The minimum Gasteiger partial charge on any atom is -0.348 e. The maximum atomic E-state index is 13.4. The number of thiophene rings is 1. The lowest BCUT2D eigenvalue weighted by atomic mass is 9.72. The van der Waals surface area contributed by atoms with E-state index >= 15 is 0 Å². The van der Waals surface area contributed by atoms with E-state index in [4.69, 9.17) is 0 Å². The number of benzene rings is 2. The molecule has 2 aromatic carbocycles. The maximum Gasteiger partial charge on any atom is 0.256 e. The van der Waals surface area contributed by atoms with Crippen LogP contribution in [0.1, 0.15) is 63.9 Å². The van der Waals surface area contributed by atoms with Gasteiger partial charge < -0.3 is 10.6 Å². The van der Waals surface area contributed by atoms with E-state index in [1.54, 1.807) is 23.5 Å². The topological polar surface area (TPSA) is 58.2 Å². The summed E-state index contributed by atoms with van der Waals surface area (Å²) in [5, 5.41) is 6.75. The van der Waals surface area contributed by atoms with Crippen molar-refractivity contribution in [3.8, 4) is 0 Å². The van der Waals surface area contributed by atoms with Crippen LogP contribution in [0.4, 0.5) is 5.00 Å². The zero-order valence-corrected chi connectivity index (χ0v) is 21.6. The van der Waals surface area contributed by atoms with Gasteiger partial charge in [0.25, 0.3) is 11.8 Å². The molecule has 6 heteroatoms. The van der Waals surface area contributed by atoms with Crippen LogP contribution in [0.25, 0.3) is 0 Å². The summed E-state index contributed by atoms with van der Waals surface area (Å²) in [5.74, 6) is 0.223. The lowest BCUT2D eigenvalue weighted by Gasteiger charge is -2.33. The van der Waals surface area contributed by atoms with Gasteiger partial charge in [0, 0.05) is 21.5 Å². The van der Waals surface area contributed by atoms with Gasteiger partial charge in [-0.3, -0.25) is 9.59 Å². The number of amides is 2. The molecule has 0 aliphatic heterocycles. The number of carbonyl (C=O) groups excluding carboxylic acids is 2. The molecule has 2 N–H and O–H groups in total. The maximum absolute atomic E-state index is 13.4. The van der Waals surface area contributed by atoms with Gasteiger partial charge in [-0.1, -0.05) is 67.0 Å². The fourth-order valence-electron chi connectivity index (χ4n) is 4.30. The molecule has 0 fully saturated rings. The third-order valence-corrected chi connectivity index (χ3v) is 8.04. The Hall–Kier alpha value is -2.44. The molecule has 4 rings (SSSR count). The van der Waals surface area contributed by atoms with Crippen molar-refractivity contribution in [1.82, 2.24) is 5.32 Å². The minimum atomic E-state index is -0.203. The van der Waals surface area contributed by atoms with Gasteiger partial charge in [0.15, 0.2) is 0 Å². The Balaban J connectivity index is 1.62. The average molecular weight is 526 g/mol. The fourth-order valence-corrected chi connectivity index (χ4v) is 5.88. The van der Waals surface area contributed by atoms with Crippen LogP contribution in [0.15, 0.2) is 59.1 Å². The lowest BCUT2D eigenvalue weighted by molar-refractivity contribution is 0.0950. The Morgan fingerprint density at radius 1 is 1.03 bits per heavy atom. The first-order valence-corrected chi connectivity index (χ1v) is 12.9. The van der Waals surface area contributed by atoms with Crippen LogP contribution in [0.2, 0.25) is 0 Å². The molecular weight excluding hydrogens is 496 g/mol. The van der Waals surface area contributed by atoms with E-state index in [2.05, 4.69) is 47.3 Å². The van der Waals surface area contributed by atoms with Crippen molar-refractivity contribution < 1.29 is 9.59 Å². The van der Waals surface area contributed by atoms with E-state index in [-0.39, 0.29) is 17.2 Å². The number of halogens is 1. The highest BCUT2D eigenvalue weighted by Crippen LogP contribution is 2.44. The third-order valence-electron chi connectivity index (χ3n) is 6.35. The Bertz CT molecular complexity index is 1150. The Morgan fingerprint density at radius 3 is 2.39 bits per heavy atom. The molecule has 4 nitrogen and oxygen atoms in total. The van der Waals surface area contributed by atoms with Crippen LogP contribution >= 0.6 is 27.3 Å². The molecule has 1 unspecified atom stereocenters. The summed E-state index contributed by atoms with van der Waals surface area (Å²) < 4.78 is 0.917. The molecule has 1 heterocycles. The van der Waals surface area contributed by atoms with E-state index < -0.39 is 0 Å². The molecular formula is C27H29BrN2O2S. The van der Waals surface area contributed by atoms with Crippen molar-refractivity contribution in [2.24, 2.45) is 11.3 Å². The average Bonchev–Trinajstić information content (AvgIpc) is 3.15. The largest absolute Gasteiger partial charge is 0.348 e. The second-order valence-corrected chi connectivity index (χ2v) is 11.7. The highest BCUT2D eigenvalue weighted by Gasteiger charge is 2.34. The first-order valence-electron chi connectivity index (χ1n) is 11.3. The van der Waals surface area contributed by atoms with Crippen LogP contribution in [0.3, 0.4) is 0 Å². The van der Waals surface area contributed by atoms with Crippen LogP contribution < -0.4 is 10.6 Å². The van der Waals surface area contributed by atoms with Crippen LogP contribution in [-0.2, 0) is 19.4 Å². The summed E-state index contributed by atoms with van der Waals surface area (Å²) in [5.41, 5.74) is 3.54. The van der Waals surface area contributed by atoms with Crippen molar-refractivity contribution in [3.63, 3.8) is 0 Å². The van der Waals surface area contributed by atoms with Crippen LogP contribution in [0.5, 0.6) is 0 Å². The highest BCUT2D eigenvalue weighted by molar-refractivity contribution is 9.10. The number of hydrogen-bond donors (Lipinski definition) is 2. The van der Waals surface area contributed by atoms with Crippen molar-refractivity contribution >= 4 is 44.1 Å². The molecule has 1 aliphatic carbocycles. The minimum absolute atomic E-state index is 0.128. The molecule has 0 saturated carbocycles. The molecule has 0 bridgehead atoms. The van der Waals surface area contributed by atoms with Crippen LogP contribution in [0, 0.1) is 11.3 Å². The van der Waals surface area contributed by atoms with Crippen molar-refractivity contribution in [2.45, 2.75) is 46.6 Å². The fraction of sp³-hybridized carbons (Fsp3) is 0.333. The molecule has 33 heavy (non-hydrogen) atoms. The number of anilines is 1. The molecule has 0 saturated heterocycles. The van der Waals surface area contributed by atoms with E-state index in [1.807, 2.05) is 42.5 Å². The Kier molecular flexibility index (Phi) is 7.05. The first kappa shape index (κ1) is 23.7. The zero-order chi connectivity index (χ0) is 23.6. The molecule has 172 valence electrons. The van der Waals surface area contributed by atoms with E-state index in [0.29, 0.717) is 28.6 Å². The van der Waals surface area contributed by atoms with Gasteiger partial charge in [0.05, 0.1) is 5.56 Å². The second-order valence-electron chi connectivity index (χ2n) is 9.64. The highest BCUT2D eigenvalue weighted by atomic mass is 79.9. The predicted octanol–water partition coefficient (Wildman–Crippen LogP) is 6.84. The van der Waals surface area contributed by atoms with E-state index in [9.17, 15) is 9.59 Å². The Labute approximate surface area is 207 Å². The summed E-state index contributed by atoms with van der Waals surface area (Å²) in [7, 11) is 0. The SMILES string of the molecule is CC(C)(C)C1CCc2c(sc(NC(=O)c3ccc(Br)cc3)c2C(=O)NCc2ccccc2)C1. The van der Waals surface area contributed by atoms with Crippen LogP contribution in [-0.4, -0.2) is 11.8 Å². The zero-order valence-electron chi connectivity index (χ0n) is 19.2. The molecule has 3 aromatic rings. The molecule has 1 aliphatic rings. The Morgan fingerprint density at radius 2 is 1.73 bits per heavy atom. The number of carbonyl (C=O) groups is 2. The standard InChI is InChI=1S/C27H29BrN2O2S/c1-27(2,3)19-11-14-21-22(15-19)33-26(30-24(31)18-9-12-20(28)13-10-18)23(21)25(32)29-16-17-7-5-4-6-8-17/h4-10,12-13,19H,11,14-16H2,1-3H3,(H,29,32)(H,30,31). The first-order chi connectivity index (χ1) is 15.7. The number of rotatable bonds is 5. The molecule has 1 aromatic heterocycles. The lowest BCUT2D eigenvalue weighted by Crippen LogP contribution is -2.28. The quantitative estimate of drug-likeness (QED) is 0.383. The van der Waals surface area contributed by atoms with Gasteiger partial charge >= 0.3 is 0 Å². The molecule has 1 atom stereocenters. The predicted molar refractivity (Wildman–Crippen MR) is 139 cm³/mol. The van der Waals surface area contributed by atoms with Crippen molar-refractivity contribution in [2.75, 3.05) is 5.32 Å². The summed E-state index contributed by atoms with van der Waals surface area (Å²) in [4.78, 5) is 27.5.